The second kappa shape index (κ2) is 7.85. The molecule has 1 heterocycles. The monoisotopic (exact) mass is 279 g/mol. The molecule has 20 heavy (non-hydrogen) atoms. The summed E-state index contributed by atoms with van der Waals surface area (Å²) < 4.78 is 5.61. The molecule has 1 atom stereocenters. The minimum atomic E-state index is -0.471. The Morgan fingerprint density at radius 2 is 2.10 bits per heavy atom. The van der Waals surface area contributed by atoms with Crippen molar-refractivity contribution in [2.24, 2.45) is 11.7 Å². The molecule has 0 saturated carbocycles. The number of nitrogens with two attached hydrogens (primary N) is 1. The molecule has 0 radical (unpaired) electrons. The number of pyridine rings is 1. The van der Waals surface area contributed by atoms with Crippen molar-refractivity contribution in [3.05, 3.63) is 23.9 Å². The van der Waals surface area contributed by atoms with Crippen LogP contribution in [0.1, 0.15) is 39.7 Å². The van der Waals surface area contributed by atoms with E-state index in [1.807, 2.05) is 39.8 Å². The molecule has 0 unspecified atom stereocenters. The third kappa shape index (κ3) is 5.57. The van der Waals surface area contributed by atoms with E-state index in [9.17, 15) is 4.79 Å². The van der Waals surface area contributed by atoms with Crippen LogP contribution < -0.4 is 15.8 Å². The van der Waals surface area contributed by atoms with Crippen molar-refractivity contribution in [2.75, 3.05) is 0 Å². The van der Waals surface area contributed by atoms with Crippen molar-refractivity contribution in [3.8, 4) is 5.88 Å². The Morgan fingerprint density at radius 3 is 2.70 bits per heavy atom. The number of carbonyl (C=O) groups is 1. The predicted molar refractivity (Wildman–Crippen MR) is 79.3 cm³/mol. The summed E-state index contributed by atoms with van der Waals surface area (Å²) in [6.07, 6.45) is 2.39. The van der Waals surface area contributed by atoms with Crippen LogP contribution in [0.3, 0.4) is 0 Å². The zero-order chi connectivity index (χ0) is 15.1. The summed E-state index contributed by atoms with van der Waals surface area (Å²) in [4.78, 5) is 16.1. The van der Waals surface area contributed by atoms with Crippen molar-refractivity contribution < 1.29 is 9.53 Å². The number of nitrogens with one attached hydrogen (secondary N) is 1. The van der Waals surface area contributed by atoms with Crippen LogP contribution in [-0.4, -0.2) is 23.0 Å². The second-order valence-electron chi connectivity index (χ2n) is 5.59. The highest BCUT2D eigenvalue weighted by Gasteiger charge is 2.15. The number of hydrogen-bond acceptors (Lipinski definition) is 4. The van der Waals surface area contributed by atoms with Crippen LogP contribution in [0.4, 0.5) is 0 Å². The van der Waals surface area contributed by atoms with E-state index in [-0.39, 0.29) is 12.0 Å². The largest absolute Gasteiger partial charge is 0.475 e. The fraction of sp³-hybridized carbons (Fsp3) is 0.600. The molecule has 1 aromatic rings. The van der Waals surface area contributed by atoms with Gasteiger partial charge in [0.2, 0.25) is 11.8 Å². The molecule has 0 spiro atoms. The second-order valence-corrected chi connectivity index (χ2v) is 5.59. The lowest BCUT2D eigenvalue weighted by atomic mass is 10.0. The Kier molecular flexibility index (Phi) is 6.45. The molecule has 0 aliphatic carbocycles. The van der Waals surface area contributed by atoms with Gasteiger partial charge < -0.3 is 15.8 Å². The van der Waals surface area contributed by atoms with Gasteiger partial charge in [-0.3, -0.25) is 4.79 Å². The molecule has 0 saturated heterocycles. The quantitative estimate of drug-likeness (QED) is 0.798. The van der Waals surface area contributed by atoms with Crippen molar-refractivity contribution >= 4 is 5.91 Å². The minimum absolute atomic E-state index is 0.0440. The van der Waals surface area contributed by atoms with Crippen LogP contribution in [0.5, 0.6) is 5.88 Å². The lowest BCUT2D eigenvalue weighted by molar-refractivity contribution is -0.122. The molecule has 0 aliphatic heterocycles. The van der Waals surface area contributed by atoms with E-state index in [4.69, 9.17) is 10.5 Å². The number of hydrogen-bond donors (Lipinski definition) is 2. The van der Waals surface area contributed by atoms with Gasteiger partial charge in [-0.05, 0) is 32.3 Å². The Hall–Kier alpha value is -1.62. The highest BCUT2D eigenvalue weighted by molar-refractivity contribution is 5.81. The lowest BCUT2D eigenvalue weighted by Gasteiger charge is -2.16. The smallest absolute Gasteiger partial charge is 0.237 e. The Balaban J connectivity index is 2.59. The summed E-state index contributed by atoms with van der Waals surface area (Å²) in [6.45, 7) is 8.34. The normalized spacial score (nSPS) is 12.6. The van der Waals surface area contributed by atoms with Gasteiger partial charge in [-0.2, -0.15) is 0 Å². The Labute approximate surface area is 120 Å². The van der Waals surface area contributed by atoms with E-state index in [1.165, 1.54) is 0 Å². The van der Waals surface area contributed by atoms with Gasteiger partial charge in [0.1, 0.15) is 0 Å². The van der Waals surface area contributed by atoms with Gasteiger partial charge in [0, 0.05) is 18.3 Å². The van der Waals surface area contributed by atoms with Crippen molar-refractivity contribution in [1.82, 2.24) is 10.3 Å². The van der Waals surface area contributed by atoms with Crippen LogP contribution in [0.25, 0.3) is 0 Å². The molecule has 3 N–H and O–H groups in total. The summed E-state index contributed by atoms with van der Waals surface area (Å²) in [6, 6.07) is 3.24. The van der Waals surface area contributed by atoms with Gasteiger partial charge in [0.25, 0.3) is 0 Å². The highest BCUT2D eigenvalue weighted by atomic mass is 16.5. The van der Waals surface area contributed by atoms with Gasteiger partial charge in [-0.15, -0.1) is 0 Å². The predicted octanol–water partition coefficient (Wildman–Crippen LogP) is 1.86. The van der Waals surface area contributed by atoms with Crippen LogP contribution in [0.2, 0.25) is 0 Å². The third-order valence-electron chi connectivity index (χ3n) is 2.71. The number of aromatic nitrogens is 1. The summed E-state index contributed by atoms with van der Waals surface area (Å²) in [7, 11) is 0. The van der Waals surface area contributed by atoms with Crippen LogP contribution in [0.15, 0.2) is 18.3 Å². The van der Waals surface area contributed by atoms with Crippen molar-refractivity contribution in [2.45, 2.75) is 52.8 Å². The van der Waals surface area contributed by atoms with Crippen LogP contribution in [-0.2, 0) is 11.3 Å². The maximum absolute atomic E-state index is 11.9. The first-order valence-corrected chi connectivity index (χ1v) is 7.04. The molecule has 0 aliphatic rings. The van der Waals surface area contributed by atoms with Gasteiger partial charge >= 0.3 is 0 Å². The zero-order valence-electron chi connectivity index (χ0n) is 12.7. The number of amides is 1. The topological polar surface area (TPSA) is 77.2 Å². The zero-order valence-corrected chi connectivity index (χ0v) is 12.7. The average molecular weight is 279 g/mol. The first kappa shape index (κ1) is 16.4. The highest BCUT2D eigenvalue weighted by Crippen LogP contribution is 2.15. The van der Waals surface area contributed by atoms with E-state index in [1.54, 1.807) is 6.20 Å². The standard InChI is InChI=1S/C15H25N3O2/c1-10(2)8-13(16)14(19)18-9-12-6-5-7-17-15(12)20-11(3)4/h5-7,10-11,13H,8-9,16H2,1-4H3,(H,18,19)/t13-/m0/s1. The lowest BCUT2D eigenvalue weighted by Crippen LogP contribution is -2.41. The molecular formula is C15H25N3O2. The van der Waals surface area contributed by atoms with Gasteiger partial charge in [-0.25, -0.2) is 4.98 Å². The summed E-state index contributed by atoms with van der Waals surface area (Å²) >= 11 is 0. The molecule has 1 aromatic heterocycles. The van der Waals surface area contributed by atoms with E-state index in [0.29, 0.717) is 24.8 Å². The SMILES string of the molecule is CC(C)C[C@H](N)C(=O)NCc1cccnc1OC(C)C. The fourth-order valence-corrected chi connectivity index (χ4v) is 1.82. The average Bonchev–Trinajstić information content (AvgIpc) is 2.35. The van der Waals surface area contributed by atoms with Gasteiger partial charge in [-0.1, -0.05) is 19.9 Å². The number of carbonyl (C=O) groups excluding carboxylic acids is 1. The molecule has 5 nitrogen and oxygen atoms in total. The van der Waals surface area contributed by atoms with E-state index in [0.717, 1.165) is 5.56 Å². The minimum Gasteiger partial charge on any atom is -0.475 e. The number of nitrogens with zero attached hydrogens (tertiary/aromatic N) is 1. The molecule has 1 rings (SSSR count). The first-order chi connectivity index (χ1) is 9.40. The molecule has 0 aromatic carbocycles. The maximum Gasteiger partial charge on any atom is 0.237 e. The molecule has 0 bridgehead atoms. The van der Waals surface area contributed by atoms with E-state index < -0.39 is 6.04 Å². The summed E-state index contributed by atoms with van der Waals surface area (Å²) in [5, 5.41) is 2.83. The summed E-state index contributed by atoms with van der Waals surface area (Å²) in [5.41, 5.74) is 6.70. The third-order valence-corrected chi connectivity index (χ3v) is 2.71. The Morgan fingerprint density at radius 1 is 1.40 bits per heavy atom. The van der Waals surface area contributed by atoms with Crippen LogP contribution in [0, 0.1) is 5.92 Å². The first-order valence-electron chi connectivity index (χ1n) is 7.04. The fourth-order valence-electron chi connectivity index (χ4n) is 1.82. The molecule has 0 fully saturated rings. The Bertz CT molecular complexity index is 433. The molecule has 112 valence electrons. The van der Waals surface area contributed by atoms with Crippen LogP contribution >= 0.6 is 0 Å². The van der Waals surface area contributed by atoms with Crippen molar-refractivity contribution in [3.63, 3.8) is 0 Å². The number of ether oxygens (including phenoxy) is 1. The number of rotatable bonds is 7. The van der Waals surface area contributed by atoms with Gasteiger partial charge in [0.15, 0.2) is 0 Å². The van der Waals surface area contributed by atoms with Gasteiger partial charge in [0.05, 0.1) is 12.1 Å². The van der Waals surface area contributed by atoms with E-state index >= 15 is 0 Å². The molecule has 1 amide bonds. The van der Waals surface area contributed by atoms with E-state index in [2.05, 4.69) is 10.3 Å². The molecular weight excluding hydrogens is 254 g/mol. The molecule has 5 heteroatoms. The van der Waals surface area contributed by atoms with Crippen molar-refractivity contribution in [1.29, 1.82) is 0 Å². The summed E-state index contributed by atoms with van der Waals surface area (Å²) in [5.74, 6) is 0.812. The maximum atomic E-state index is 11.9.